The molecule has 0 bridgehead atoms. The molecule has 386 valence electrons. The predicted molar refractivity (Wildman–Crippen MR) is 297 cm³/mol. The van der Waals surface area contributed by atoms with Gasteiger partial charge in [-0.15, -0.1) is 0 Å². The first-order chi connectivity index (χ1) is 33.1. The zero-order valence-corrected chi connectivity index (χ0v) is 46.5. The van der Waals surface area contributed by atoms with Crippen LogP contribution in [0, 0.1) is 0 Å². The molecule has 1 heterocycles. The molecule has 0 unspecified atom stereocenters. The SMILES string of the molecule is CCCCCCCCCCCCC[CH2][Ni][CH2]CCCCCCCCCCCCC.CCCCCCCCc1cccc(C2=C(CCCC)C(CCCC)=C(c3ccc(CCCC)cc3)[N+]2=[N-])c1. The van der Waals surface area contributed by atoms with E-state index in [1.807, 2.05) is 14.4 Å². The molecule has 1 aliphatic rings. The van der Waals surface area contributed by atoms with Crippen molar-refractivity contribution in [3.63, 3.8) is 0 Å². The Hall–Kier alpha value is -1.99. The zero-order chi connectivity index (χ0) is 48.3. The Morgan fingerprint density at radius 1 is 0.328 bits per heavy atom. The first-order valence-electron chi connectivity index (χ1n) is 29.6. The molecule has 0 N–H and O–H groups in total. The van der Waals surface area contributed by atoms with Crippen molar-refractivity contribution < 1.29 is 19.1 Å². The van der Waals surface area contributed by atoms with Crippen LogP contribution in [0.25, 0.3) is 16.9 Å². The first kappa shape index (κ1) is 61.1. The molecular weight excluding hydrogens is 855 g/mol. The molecule has 3 rings (SSSR count). The molecule has 1 aliphatic heterocycles. The second kappa shape index (κ2) is 44.0. The van der Waals surface area contributed by atoms with Gasteiger partial charge in [-0.05, 0) is 86.8 Å². The summed E-state index contributed by atoms with van der Waals surface area (Å²) in [5, 5.41) is 2.87. The van der Waals surface area contributed by atoms with E-state index in [0.29, 0.717) is 0 Å². The third-order valence-corrected chi connectivity index (χ3v) is 15.5. The van der Waals surface area contributed by atoms with Crippen molar-refractivity contribution in [3.8, 4) is 0 Å². The summed E-state index contributed by atoms with van der Waals surface area (Å²) in [6.07, 6.45) is 54.4. The van der Waals surface area contributed by atoms with Crippen molar-refractivity contribution in [2.24, 2.45) is 0 Å². The smallest absolute Gasteiger partial charge is 0.493 e. The Bertz CT molecular complexity index is 1490. The van der Waals surface area contributed by atoms with Gasteiger partial charge in [0.2, 0.25) is 11.4 Å². The van der Waals surface area contributed by atoms with Crippen molar-refractivity contribution in [1.82, 2.24) is 0 Å². The van der Waals surface area contributed by atoms with E-state index in [4.69, 9.17) is 0 Å². The molecule has 0 spiro atoms. The second-order valence-corrected chi connectivity index (χ2v) is 21.9. The summed E-state index contributed by atoms with van der Waals surface area (Å²) in [7, 11) is 0. The van der Waals surface area contributed by atoms with E-state index in [-0.39, 0.29) is 0 Å². The third kappa shape index (κ3) is 29.1. The van der Waals surface area contributed by atoms with Gasteiger partial charge in [-0.2, -0.15) is 0 Å². The molecule has 2 aromatic carbocycles. The summed E-state index contributed by atoms with van der Waals surface area (Å²) in [4.78, 5) is 0. The van der Waals surface area contributed by atoms with E-state index in [0.717, 1.165) is 73.9 Å². The van der Waals surface area contributed by atoms with Gasteiger partial charge in [-0.3, -0.25) is 0 Å². The van der Waals surface area contributed by atoms with Gasteiger partial charge < -0.3 is 5.53 Å². The second-order valence-electron chi connectivity index (χ2n) is 20.4. The number of rotatable bonds is 44. The van der Waals surface area contributed by atoms with E-state index in [9.17, 15) is 5.53 Å². The van der Waals surface area contributed by atoms with Gasteiger partial charge in [-0.25, -0.2) is 4.70 Å². The number of hydrogen-bond donors (Lipinski definition) is 0. The van der Waals surface area contributed by atoms with Crippen LogP contribution < -0.4 is 0 Å². The molecule has 0 amide bonds. The summed E-state index contributed by atoms with van der Waals surface area (Å²) >= 11 is 2.04. The van der Waals surface area contributed by atoms with E-state index >= 15 is 0 Å². The van der Waals surface area contributed by atoms with Gasteiger partial charge in [0, 0.05) is 22.3 Å². The van der Waals surface area contributed by atoms with Gasteiger partial charge >= 0.3 is 166 Å². The molecule has 0 fully saturated rings. The maximum atomic E-state index is 11.8. The van der Waals surface area contributed by atoms with Crippen molar-refractivity contribution in [2.45, 2.75) is 309 Å². The van der Waals surface area contributed by atoms with Crippen LogP contribution in [0.5, 0.6) is 0 Å². The number of unbranched alkanes of at least 4 members (excludes halogenated alkanes) is 30. The topological polar surface area (TPSA) is 25.3 Å². The number of hydrogen-bond acceptors (Lipinski definition) is 0. The molecule has 0 saturated heterocycles. The predicted octanol–water partition coefficient (Wildman–Crippen LogP) is 22.8. The molecule has 3 heteroatoms. The Morgan fingerprint density at radius 2 is 0.672 bits per heavy atom. The summed E-state index contributed by atoms with van der Waals surface area (Å²) in [5.74, 6) is 0. The van der Waals surface area contributed by atoms with Crippen LogP contribution in [-0.4, -0.2) is 4.70 Å². The van der Waals surface area contributed by atoms with Crippen LogP contribution in [0.4, 0.5) is 0 Å². The quantitative estimate of drug-likeness (QED) is 0.0359. The Balaban J connectivity index is 0.000000480. The normalized spacial score (nSPS) is 12.8. The third-order valence-electron chi connectivity index (χ3n) is 14.1. The van der Waals surface area contributed by atoms with Crippen molar-refractivity contribution >= 4 is 11.4 Å². The molecular formula is C64H110N2Ni. The fourth-order valence-corrected chi connectivity index (χ4v) is 11.0. The van der Waals surface area contributed by atoms with Gasteiger partial charge in [0.1, 0.15) is 0 Å². The summed E-state index contributed by atoms with van der Waals surface area (Å²) in [6.45, 7) is 13.7. The fraction of sp³-hybridized carbons (Fsp3) is 0.750. The van der Waals surface area contributed by atoms with Crippen molar-refractivity contribution in [3.05, 3.63) is 87.5 Å². The average molecular weight is 966 g/mol. The van der Waals surface area contributed by atoms with Gasteiger partial charge in [0.05, 0.1) is 0 Å². The Kier molecular flexibility index (Phi) is 40.1. The minimum absolute atomic E-state index is 1.00. The van der Waals surface area contributed by atoms with E-state index in [1.165, 1.54) is 239 Å². The van der Waals surface area contributed by atoms with Crippen LogP contribution in [-0.2, 0) is 27.3 Å². The standard InChI is InChI=1S/C36H52N2.2C14H29.Ni/c1-5-9-13-14-15-16-19-30-20-17-21-32(28-30)36-34(23-12-8-4)33(22-11-7-3)35(38(36)37)31-26-24-29(25-27-31)18-10-6-2;2*1-3-5-7-9-11-13-14-12-10-8-6-4-2;/h17,20-21,24-28H,5-16,18-19,22-23H2,1-4H3;2*1,3-14H2,2H3;. The van der Waals surface area contributed by atoms with Crippen molar-refractivity contribution in [1.29, 1.82) is 0 Å². The molecule has 0 saturated carbocycles. The molecule has 0 radical (unpaired) electrons. The summed E-state index contributed by atoms with van der Waals surface area (Å²) < 4.78 is 1.54. The number of benzene rings is 2. The van der Waals surface area contributed by atoms with Crippen LogP contribution in [0.15, 0.2) is 59.7 Å². The Morgan fingerprint density at radius 3 is 1.09 bits per heavy atom. The molecule has 2 aromatic rings. The minimum atomic E-state index is 1.00. The monoisotopic (exact) mass is 965 g/mol. The van der Waals surface area contributed by atoms with Gasteiger partial charge in [0.25, 0.3) is 0 Å². The average Bonchev–Trinajstić information content (AvgIpc) is 3.63. The maximum absolute atomic E-state index is 11.8. The van der Waals surface area contributed by atoms with Crippen LogP contribution in [0.3, 0.4) is 0 Å². The minimum Gasteiger partial charge on any atom is -0.493 e. The Labute approximate surface area is 424 Å². The van der Waals surface area contributed by atoms with E-state index in [2.05, 4.69) is 90.1 Å². The van der Waals surface area contributed by atoms with Crippen LogP contribution in [0.1, 0.15) is 308 Å². The first-order valence-corrected chi connectivity index (χ1v) is 31.0. The van der Waals surface area contributed by atoms with Crippen LogP contribution >= 0.6 is 0 Å². The van der Waals surface area contributed by atoms with E-state index in [1.54, 1.807) is 4.70 Å². The fourth-order valence-electron chi connectivity index (χ4n) is 9.76. The molecule has 0 atom stereocenters. The number of nitrogens with zero attached hydrogens (tertiary/aromatic N) is 2. The van der Waals surface area contributed by atoms with Gasteiger partial charge in [-0.1, -0.05) is 130 Å². The number of allylic oxidation sites excluding steroid dienone is 2. The van der Waals surface area contributed by atoms with Crippen molar-refractivity contribution in [2.75, 3.05) is 0 Å². The molecule has 0 aliphatic carbocycles. The molecule has 67 heavy (non-hydrogen) atoms. The van der Waals surface area contributed by atoms with Crippen LogP contribution in [0.2, 0.25) is 10.8 Å². The van der Waals surface area contributed by atoms with Gasteiger partial charge in [0.15, 0.2) is 0 Å². The zero-order valence-electron chi connectivity index (χ0n) is 45.5. The molecule has 2 nitrogen and oxygen atoms in total. The summed E-state index contributed by atoms with van der Waals surface area (Å²) in [6, 6.07) is 18.0. The summed E-state index contributed by atoms with van der Waals surface area (Å²) in [5.41, 5.74) is 21.6. The number of aryl methyl sites for hydroxylation is 2. The molecule has 0 aromatic heterocycles. The van der Waals surface area contributed by atoms with E-state index < -0.39 is 0 Å².